The van der Waals surface area contributed by atoms with Crippen molar-refractivity contribution in [1.82, 2.24) is 9.66 Å². The van der Waals surface area contributed by atoms with Gasteiger partial charge in [0.1, 0.15) is 17.5 Å². The second-order valence-corrected chi connectivity index (χ2v) is 12.0. The summed E-state index contributed by atoms with van der Waals surface area (Å²) in [5, 5.41) is 5.57. The molecule has 1 heterocycles. The minimum Gasteiger partial charge on any atom is -0.490 e. The fourth-order valence-electron chi connectivity index (χ4n) is 4.96. The number of benzene rings is 3. The summed E-state index contributed by atoms with van der Waals surface area (Å²) in [4.78, 5) is 18.6. The average molecular weight is 688 g/mol. The lowest BCUT2D eigenvalue weighted by atomic mass is 9.88. The summed E-state index contributed by atoms with van der Waals surface area (Å²) >= 11 is 13.9. The molecule has 0 radical (unpaired) electrons. The van der Waals surface area contributed by atoms with Gasteiger partial charge in [-0.1, -0.05) is 76.6 Å². The highest BCUT2D eigenvalue weighted by Gasteiger charge is 2.23. The summed E-state index contributed by atoms with van der Waals surface area (Å²) in [5.41, 5.74) is 3.35. The van der Waals surface area contributed by atoms with Gasteiger partial charge in [-0.25, -0.2) is 4.98 Å². The Bertz CT molecular complexity index is 1610. The second kappa shape index (κ2) is 12.9. The third kappa shape index (κ3) is 6.29. The SMILES string of the molecule is CCOc1cc(C=Nn2c(C3CCCCC3)nc3ccc(Br)cc3c2=O)c(Br)c(Cl)c1OCc1ccc(C)cc1. The summed E-state index contributed by atoms with van der Waals surface area (Å²) in [7, 11) is 0. The van der Waals surface area contributed by atoms with Crippen molar-refractivity contribution in [2.45, 2.75) is 58.5 Å². The Kier molecular flexibility index (Phi) is 9.28. The molecule has 0 amide bonds. The Morgan fingerprint density at radius 3 is 2.55 bits per heavy atom. The van der Waals surface area contributed by atoms with Crippen LogP contribution in [0.25, 0.3) is 10.9 Å². The Morgan fingerprint density at radius 2 is 1.82 bits per heavy atom. The maximum absolute atomic E-state index is 13.7. The van der Waals surface area contributed by atoms with Crippen molar-refractivity contribution in [2.24, 2.45) is 5.10 Å². The lowest BCUT2D eigenvalue weighted by Crippen LogP contribution is -2.25. The van der Waals surface area contributed by atoms with Crippen molar-refractivity contribution in [3.63, 3.8) is 0 Å². The van der Waals surface area contributed by atoms with Crippen LogP contribution in [0.15, 0.2) is 67.4 Å². The maximum atomic E-state index is 13.7. The van der Waals surface area contributed by atoms with Crippen LogP contribution < -0.4 is 15.0 Å². The monoisotopic (exact) mass is 685 g/mol. The van der Waals surface area contributed by atoms with Crippen LogP contribution >= 0.6 is 43.5 Å². The first-order valence-electron chi connectivity index (χ1n) is 13.5. The van der Waals surface area contributed by atoms with Gasteiger partial charge in [-0.05, 0) is 72.4 Å². The zero-order valence-corrected chi connectivity index (χ0v) is 26.4. The van der Waals surface area contributed by atoms with Crippen molar-refractivity contribution < 1.29 is 9.47 Å². The molecule has 0 N–H and O–H groups in total. The number of fused-ring (bicyclic) bond motifs is 1. The highest BCUT2D eigenvalue weighted by atomic mass is 79.9. The van der Waals surface area contributed by atoms with Gasteiger partial charge >= 0.3 is 0 Å². The number of ether oxygens (including phenoxy) is 2. The molecule has 0 aliphatic heterocycles. The van der Waals surface area contributed by atoms with E-state index in [4.69, 9.17) is 26.1 Å². The number of nitrogens with zero attached hydrogens (tertiary/aromatic N) is 3. The minimum absolute atomic E-state index is 0.176. The molecule has 5 rings (SSSR count). The van der Waals surface area contributed by atoms with Crippen molar-refractivity contribution >= 4 is 60.6 Å². The minimum atomic E-state index is -0.201. The predicted octanol–water partition coefficient (Wildman–Crippen LogP) is 8.79. The van der Waals surface area contributed by atoms with Gasteiger partial charge < -0.3 is 9.47 Å². The van der Waals surface area contributed by atoms with Gasteiger partial charge in [0.2, 0.25) is 0 Å². The summed E-state index contributed by atoms with van der Waals surface area (Å²) < 4.78 is 14.9. The number of aryl methyl sites for hydroxylation is 1. The summed E-state index contributed by atoms with van der Waals surface area (Å²) in [6, 6.07) is 15.5. The Morgan fingerprint density at radius 1 is 1.07 bits per heavy atom. The molecule has 0 unspecified atom stereocenters. The lowest BCUT2D eigenvalue weighted by Gasteiger charge is -2.23. The van der Waals surface area contributed by atoms with Crippen molar-refractivity contribution in [1.29, 1.82) is 0 Å². The second-order valence-electron chi connectivity index (χ2n) is 9.96. The molecule has 1 aromatic heterocycles. The van der Waals surface area contributed by atoms with Gasteiger partial charge in [0.15, 0.2) is 11.5 Å². The fourth-order valence-corrected chi connectivity index (χ4v) is 5.97. The number of rotatable bonds is 8. The van der Waals surface area contributed by atoms with E-state index in [2.05, 4.69) is 37.0 Å². The topological polar surface area (TPSA) is 65.7 Å². The summed E-state index contributed by atoms with van der Waals surface area (Å²) in [5.74, 6) is 1.83. The van der Waals surface area contributed by atoms with E-state index in [0.717, 1.165) is 35.7 Å². The van der Waals surface area contributed by atoms with Crippen molar-refractivity contribution in [3.05, 3.63) is 95.4 Å². The first kappa shape index (κ1) is 28.8. The number of hydrogen-bond acceptors (Lipinski definition) is 5. The lowest BCUT2D eigenvalue weighted by molar-refractivity contribution is 0.269. The van der Waals surface area contributed by atoms with Gasteiger partial charge in [0.05, 0.1) is 23.7 Å². The Labute approximate surface area is 255 Å². The van der Waals surface area contributed by atoms with Crippen LogP contribution in [0.3, 0.4) is 0 Å². The van der Waals surface area contributed by atoms with Crippen LogP contribution in [-0.4, -0.2) is 22.5 Å². The van der Waals surface area contributed by atoms with E-state index in [9.17, 15) is 4.79 Å². The molecular weight excluding hydrogens is 658 g/mol. The van der Waals surface area contributed by atoms with E-state index < -0.39 is 0 Å². The van der Waals surface area contributed by atoms with Gasteiger partial charge in [-0.15, -0.1) is 0 Å². The smallest absolute Gasteiger partial charge is 0.282 e. The van der Waals surface area contributed by atoms with E-state index in [-0.39, 0.29) is 11.5 Å². The number of hydrogen-bond donors (Lipinski definition) is 0. The van der Waals surface area contributed by atoms with Crippen molar-refractivity contribution in [3.8, 4) is 11.5 Å². The standard InChI is InChI=1S/C31H30Br2ClN3O3/c1-3-39-26-15-22(27(33)28(34)29(26)40-18-20-11-9-19(2)10-12-20)17-35-37-30(21-7-5-4-6-8-21)36-25-14-13-23(32)16-24(25)31(37)38/h9-17,21H,3-8,18H2,1-2H3. The molecular formula is C31H30Br2ClN3O3. The van der Waals surface area contributed by atoms with E-state index in [1.807, 2.05) is 56.3 Å². The van der Waals surface area contributed by atoms with Crippen LogP contribution in [-0.2, 0) is 6.61 Å². The highest BCUT2D eigenvalue weighted by Crippen LogP contribution is 2.43. The number of aromatic nitrogens is 2. The highest BCUT2D eigenvalue weighted by molar-refractivity contribution is 9.10. The van der Waals surface area contributed by atoms with Gasteiger partial charge in [0, 0.05) is 20.4 Å². The molecule has 4 aromatic rings. The van der Waals surface area contributed by atoms with Gasteiger partial charge in [-0.3, -0.25) is 4.79 Å². The third-order valence-electron chi connectivity index (χ3n) is 7.08. The molecule has 3 aromatic carbocycles. The normalized spacial score (nSPS) is 14.2. The molecule has 208 valence electrons. The Balaban J connectivity index is 1.54. The zero-order chi connectivity index (χ0) is 28.2. The van der Waals surface area contributed by atoms with Gasteiger partial charge in [-0.2, -0.15) is 9.78 Å². The molecule has 1 aliphatic carbocycles. The van der Waals surface area contributed by atoms with Crippen LogP contribution in [0.2, 0.25) is 5.02 Å². The Hall–Kier alpha value is -2.68. The molecule has 40 heavy (non-hydrogen) atoms. The van der Waals surface area contributed by atoms with Crippen LogP contribution in [0.5, 0.6) is 11.5 Å². The number of halogens is 3. The average Bonchev–Trinajstić information content (AvgIpc) is 2.96. The summed E-state index contributed by atoms with van der Waals surface area (Å²) in [6.07, 6.45) is 7.04. The molecule has 1 fully saturated rings. The molecule has 0 spiro atoms. The summed E-state index contributed by atoms with van der Waals surface area (Å²) in [6.45, 7) is 4.73. The maximum Gasteiger partial charge on any atom is 0.282 e. The first-order chi connectivity index (χ1) is 19.4. The largest absolute Gasteiger partial charge is 0.490 e. The fraction of sp³-hybridized carbons (Fsp3) is 0.323. The molecule has 1 saturated carbocycles. The van der Waals surface area contributed by atoms with Crippen molar-refractivity contribution in [2.75, 3.05) is 6.61 Å². The quantitative estimate of drug-likeness (QED) is 0.174. The predicted molar refractivity (Wildman–Crippen MR) is 168 cm³/mol. The van der Waals surface area contributed by atoms with Gasteiger partial charge in [0.25, 0.3) is 5.56 Å². The third-order valence-corrected chi connectivity index (χ3v) is 9.01. The molecule has 6 nitrogen and oxygen atoms in total. The first-order valence-corrected chi connectivity index (χ1v) is 15.4. The van der Waals surface area contributed by atoms with E-state index in [1.54, 1.807) is 12.3 Å². The molecule has 0 saturated heterocycles. The zero-order valence-electron chi connectivity index (χ0n) is 22.4. The van der Waals surface area contributed by atoms with E-state index in [1.165, 1.54) is 16.7 Å². The molecule has 9 heteroatoms. The van der Waals surface area contributed by atoms with E-state index >= 15 is 0 Å². The molecule has 0 bridgehead atoms. The van der Waals surface area contributed by atoms with Crippen LogP contribution in [0, 0.1) is 6.92 Å². The van der Waals surface area contributed by atoms with Crippen LogP contribution in [0.4, 0.5) is 0 Å². The van der Waals surface area contributed by atoms with E-state index in [0.29, 0.717) is 56.5 Å². The molecule has 1 aliphatic rings. The molecule has 0 atom stereocenters. The van der Waals surface area contributed by atoms with Crippen LogP contribution in [0.1, 0.15) is 67.5 Å².